The van der Waals surface area contributed by atoms with Crippen molar-refractivity contribution >= 4 is 5.97 Å². The molecule has 0 spiro atoms. The first-order valence-electron chi connectivity index (χ1n) is 13.2. The maximum atomic E-state index is 11.8. The Morgan fingerprint density at radius 2 is 0.862 bits per heavy atom. The van der Waals surface area contributed by atoms with Crippen molar-refractivity contribution in [1.29, 1.82) is 0 Å². The fourth-order valence-corrected chi connectivity index (χ4v) is 3.86. The molecule has 0 saturated carbocycles. The highest BCUT2D eigenvalue weighted by molar-refractivity contribution is 5.69. The first-order chi connectivity index (χ1) is 14.0. The molecule has 0 aromatic rings. The lowest BCUT2D eigenvalue weighted by Crippen LogP contribution is -2.05. The molecule has 0 unspecified atom stereocenters. The van der Waals surface area contributed by atoms with E-state index in [0.29, 0.717) is 13.0 Å². The van der Waals surface area contributed by atoms with Crippen molar-refractivity contribution in [1.82, 2.24) is 0 Å². The SMILES string of the molecule is CC(C)CCCCCCCCCCCCC(=O)OCCCCCCCCC(C)C. The maximum absolute atomic E-state index is 11.8. The van der Waals surface area contributed by atoms with Crippen LogP contribution in [0.3, 0.4) is 0 Å². The molecule has 0 bridgehead atoms. The average Bonchev–Trinajstić information content (AvgIpc) is 2.67. The van der Waals surface area contributed by atoms with Gasteiger partial charge in [-0.05, 0) is 24.7 Å². The number of ether oxygens (including phenoxy) is 1. The van der Waals surface area contributed by atoms with E-state index in [0.717, 1.165) is 24.7 Å². The van der Waals surface area contributed by atoms with Crippen molar-refractivity contribution in [2.24, 2.45) is 11.8 Å². The summed E-state index contributed by atoms with van der Waals surface area (Å²) in [6.07, 6.45) is 24.1. The predicted octanol–water partition coefficient (Wildman–Crippen LogP) is 9.25. The molecule has 2 nitrogen and oxygen atoms in total. The molecule has 0 aromatic heterocycles. The number of esters is 1. The van der Waals surface area contributed by atoms with Gasteiger partial charge in [-0.1, -0.05) is 130 Å². The lowest BCUT2D eigenvalue weighted by atomic mass is 10.0. The Kier molecular flexibility index (Phi) is 21.8. The van der Waals surface area contributed by atoms with Gasteiger partial charge in [-0.2, -0.15) is 0 Å². The molecule has 0 atom stereocenters. The van der Waals surface area contributed by atoms with Crippen LogP contribution in [0.5, 0.6) is 0 Å². The number of rotatable bonds is 22. The van der Waals surface area contributed by atoms with E-state index in [1.165, 1.54) is 103 Å². The van der Waals surface area contributed by atoms with E-state index in [2.05, 4.69) is 27.7 Å². The summed E-state index contributed by atoms with van der Waals surface area (Å²) in [5.41, 5.74) is 0. The minimum atomic E-state index is 0.0170. The zero-order valence-corrected chi connectivity index (χ0v) is 20.6. The largest absolute Gasteiger partial charge is 0.466 e. The van der Waals surface area contributed by atoms with Crippen LogP contribution >= 0.6 is 0 Å². The van der Waals surface area contributed by atoms with Crippen molar-refractivity contribution in [3.8, 4) is 0 Å². The van der Waals surface area contributed by atoms with Crippen LogP contribution in [-0.2, 0) is 9.53 Å². The fraction of sp³-hybridized carbons (Fsp3) is 0.963. The van der Waals surface area contributed by atoms with Gasteiger partial charge in [-0.15, -0.1) is 0 Å². The molecular weight excluding hydrogens is 356 g/mol. The van der Waals surface area contributed by atoms with Gasteiger partial charge in [0, 0.05) is 6.42 Å². The summed E-state index contributed by atoms with van der Waals surface area (Å²) in [6, 6.07) is 0. The molecule has 0 aromatic carbocycles. The third-order valence-electron chi connectivity index (χ3n) is 5.85. The standard InChI is InChI=1S/C27H54O2/c1-25(2)21-17-13-9-7-5-6-8-10-15-19-23-27(28)29-24-20-16-12-11-14-18-22-26(3)4/h25-26H,5-24H2,1-4H3. The smallest absolute Gasteiger partial charge is 0.305 e. The Balaban J connectivity index is 3.17. The molecule has 0 saturated heterocycles. The molecule has 0 radical (unpaired) electrons. The van der Waals surface area contributed by atoms with Crippen LogP contribution in [0.4, 0.5) is 0 Å². The molecule has 29 heavy (non-hydrogen) atoms. The second kappa shape index (κ2) is 22.2. The van der Waals surface area contributed by atoms with Crippen LogP contribution in [0.1, 0.15) is 150 Å². The van der Waals surface area contributed by atoms with E-state index in [9.17, 15) is 4.79 Å². The highest BCUT2D eigenvalue weighted by Gasteiger charge is 2.03. The summed E-state index contributed by atoms with van der Waals surface area (Å²) in [5.74, 6) is 1.72. The highest BCUT2D eigenvalue weighted by atomic mass is 16.5. The Morgan fingerprint density at radius 3 is 1.28 bits per heavy atom. The first kappa shape index (κ1) is 28.5. The van der Waals surface area contributed by atoms with Gasteiger partial charge in [-0.3, -0.25) is 4.79 Å². The van der Waals surface area contributed by atoms with E-state index < -0.39 is 0 Å². The molecule has 0 aliphatic rings. The summed E-state index contributed by atoms with van der Waals surface area (Å²) in [4.78, 5) is 11.8. The molecule has 0 N–H and O–H groups in total. The van der Waals surface area contributed by atoms with Crippen molar-refractivity contribution in [2.75, 3.05) is 6.61 Å². The fourth-order valence-electron chi connectivity index (χ4n) is 3.86. The van der Waals surface area contributed by atoms with Gasteiger partial charge in [0.15, 0.2) is 0 Å². The van der Waals surface area contributed by atoms with Crippen molar-refractivity contribution < 1.29 is 9.53 Å². The molecule has 0 aliphatic heterocycles. The predicted molar refractivity (Wildman–Crippen MR) is 128 cm³/mol. The minimum Gasteiger partial charge on any atom is -0.466 e. The van der Waals surface area contributed by atoms with Crippen molar-refractivity contribution in [2.45, 2.75) is 150 Å². The molecule has 0 aliphatic carbocycles. The van der Waals surface area contributed by atoms with Gasteiger partial charge in [0.1, 0.15) is 0 Å². The highest BCUT2D eigenvalue weighted by Crippen LogP contribution is 2.14. The van der Waals surface area contributed by atoms with Crippen LogP contribution in [-0.4, -0.2) is 12.6 Å². The summed E-state index contributed by atoms with van der Waals surface area (Å²) in [6.45, 7) is 9.86. The monoisotopic (exact) mass is 410 g/mol. The van der Waals surface area contributed by atoms with Crippen LogP contribution in [0.25, 0.3) is 0 Å². The van der Waals surface area contributed by atoms with Gasteiger partial charge < -0.3 is 4.74 Å². The molecule has 0 rings (SSSR count). The molecular formula is C27H54O2. The lowest BCUT2D eigenvalue weighted by molar-refractivity contribution is -0.143. The van der Waals surface area contributed by atoms with Gasteiger partial charge in [0.25, 0.3) is 0 Å². The van der Waals surface area contributed by atoms with E-state index in [1.807, 2.05) is 0 Å². The molecule has 0 heterocycles. The number of carbonyl (C=O) groups excluding carboxylic acids is 1. The van der Waals surface area contributed by atoms with E-state index in [-0.39, 0.29) is 5.97 Å². The van der Waals surface area contributed by atoms with E-state index in [4.69, 9.17) is 4.74 Å². The van der Waals surface area contributed by atoms with Crippen molar-refractivity contribution in [3.05, 3.63) is 0 Å². The third-order valence-corrected chi connectivity index (χ3v) is 5.85. The molecule has 2 heteroatoms. The summed E-state index contributed by atoms with van der Waals surface area (Å²) < 4.78 is 5.37. The summed E-state index contributed by atoms with van der Waals surface area (Å²) >= 11 is 0. The Labute approximate surface area is 184 Å². The van der Waals surface area contributed by atoms with Crippen LogP contribution in [0.2, 0.25) is 0 Å². The first-order valence-corrected chi connectivity index (χ1v) is 13.2. The summed E-state index contributed by atoms with van der Waals surface area (Å²) in [5, 5.41) is 0. The van der Waals surface area contributed by atoms with Gasteiger partial charge >= 0.3 is 5.97 Å². The lowest BCUT2D eigenvalue weighted by Gasteiger charge is -2.06. The molecule has 0 amide bonds. The Bertz CT molecular complexity index is 335. The van der Waals surface area contributed by atoms with Crippen LogP contribution in [0, 0.1) is 11.8 Å². The van der Waals surface area contributed by atoms with Gasteiger partial charge in [0.2, 0.25) is 0 Å². The van der Waals surface area contributed by atoms with Crippen molar-refractivity contribution in [3.63, 3.8) is 0 Å². The topological polar surface area (TPSA) is 26.3 Å². The van der Waals surface area contributed by atoms with Crippen LogP contribution in [0.15, 0.2) is 0 Å². The summed E-state index contributed by atoms with van der Waals surface area (Å²) in [7, 11) is 0. The van der Waals surface area contributed by atoms with E-state index in [1.54, 1.807) is 0 Å². The number of unbranched alkanes of at least 4 members (excludes halogenated alkanes) is 14. The molecule has 174 valence electrons. The van der Waals surface area contributed by atoms with E-state index >= 15 is 0 Å². The zero-order valence-electron chi connectivity index (χ0n) is 20.6. The quantitative estimate of drug-likeness (QED) is 0.131. The Morgan fingerprint density at radius 1 is 0.517 bits per heavy atom. The van der Waals surface area contributed by atoms with Gasteiger partial charge in [-0.25, -0.2) is 0 Å². The molecule has 0 fully saturated rings. The number of carbonyl (C=O) groups is 1. The number of hydrogen-bond acceptors (Lipinski definition) is 2. The van der Waals surface area contributed by atoms with Crippen LogP contribution < -0.4 is 0 Å². The Hall–Kier alpha value is -0.530. The maximum Gasteiger partial charge on any atom is 0.305 e. The second-order valence-electron chi connectivity index (χ2n) is 9.99. The van der Waals surface area contributed by atoms with Gasteiger partial charge in [0.05, 0.1) is 6.61 Å². The number of hydrogen-bond donors (Lipinski definition) is 0. The minimum absolute atomic E-state index is 0.0170. The third kappa shape index (κ3) is 25.4. The second-order valence-corrected chi connectivity index (χ2v) is 9.99. The zero-order chi connectivity index (χ0) is 21.6. The average molecular weight is 411 g/mol. The normalized spacial score (nSPS) is 11.5.